The summed E-state index contributed by atoms with van der Waals surface area (Å²) in [4.78, 5) is 18.8. The van der Waals surface area contributed by atoms with Gasteiger partial charge in [0.15, 0.2) is 10.8 Å². The van der Waals surface area contributed by atoms with Gasteiger partial charge in [0.2, 0.25) is 0 Å². The fraction of sp³-hybridized carbons (Fsp3) is 0.636. The third-order valence-electron chi connectivity index (χ3n) is 2.10. The minimum Gasteiger partial charge on any atom is -0.461 e. The van der Waals surface area contributed by atoms with E-state index >= 15 is 0 Å². The summed E-state index contributed by atoms with van der Waals surface area (Å²) in [6.07, 6.45) is 0. The number of thiazole rings is 1. The van der Waals surface area contributed by atoms with E-state index in [1.54, 1.807) is 6.92 Å². The maximum Gasteiger partial charge on any atom is 0.358 e. The van der Waals surface area contributed by atoms with Crippen LogP contribution in [0.5, 0.6) is 0 Å². The molecule has 0 saturated carbocycles. The van der Waals surface area contributed by atoms with Gasteiger partial charge >= 0.3 is 5.97 Å². The first kappa shape index (κ1) is 13.9. The number of carbonyl (C=O) groups excluding carboxylic acids is 1. The molecule has 1 aromatic rings. The van der Waals surface area contributed by atoms with Gasteiger partial charge in [-0.05, 0) is 27.9 Å². The van der Waals surface area contributed by atoms with Crippen LogP contribution in [0, 0.1) is 6.92 Å². The van der Waals surface area contributed by atoms with Crippen molar-refractivity contribution in [3.8, 4) is 0 Å². The van der Waals surface area contributed by atoms with E-state index in [0.29, 0.717) is 12.3 Å². The van der Waals surface area contributed by atoms with Crippen molar-refractivity contribution < 1.29 is 9.53 Å². The number of likely N-dealkylation sites (N-methyl/N-ethyl adjacent to an activating group) is 1. The highest BCUT2D eigenvalue weighted by molar-refractivity contribution is 7.15. The summed E-state index contributed by atoms with van der Waals surface area (Å²) in [7, 11) is 4.03. The molecule has 17 heavy (non-hydrogen) atoms. The monoisotopic (exact) mass is 257 g/mol. The first-order chi connectivity index (χ1) is 8.04. The van der Waals surface area contributed by atoms with E-state index in [2.05, 4.69) is 15.2 Å². The lowest BCUT2D eigenvalue weighted by Gasteiger charge is -2.08. The number of hydrogen-bond donors (Lipinski definition) is 1. The minimum atomic E-state index is -0.345. The Morgan fingerprint density at radius 1 is 1.53 bits per heavy atom. The summed E-state index contributed by atoms with van der Waals surface area (Å²) in [6, 6.07) is 0. The minimum absolute atomic E-state index is 0.345. The molecule has 0 fully saturated rings. The highest BCUT2D eigenvalue weighted by Crippen LogP contribution is 2.22. The molecule has 1 rings (SSSR count). The largest absolute Gasteiger partial charge is 0.461 e. The van der Waals surface area contributed by atoms with Crippen LogP contribution in [0.3, 0.4) is 0 Å². The third-order valence-corrected chi connectivity index (χ3v) is 3.03. The highest BCUT2D eigenvalue weighted by Gasteiger charge is 2.15. The Bertz CT molecular complexity index is 377. The summed E-state index contributed by atoms with van der Waals surface area (Å²) >= 11 is 1.48. The lowest BCUT2D eigenvalue weighted by molar-refractivity contribution is 0.0519. The van der Waals surface area contributed by atoms with Crippen molar-refractivity contribution >= 4 is 22.4 Å². The molecule has 0 aliphatic carbocycles. The second kappa shape index (κ2) is 6.56. The van der Waals surface area contributed by atoms with E-state index in [1.807, 2.05) is 21.0 Å². The SMILES string of the molecule is CCOC(=O)c1nc(NCCN(C)C)sc1C. The molecule has 96 valence electrons. The predicted octanol–water partition coefficient (Wildman–Crippen LogP) is 1.60. The third kappa shape index (κ3) is 4.32. The summed E-state index contributed by atoms with van der Waals surface area (Å²) in [5, 5.41) is 3.96. The molecule has 1 N–H and O–H groups in total. The van der Waals surface area contributed by atoms with E-state index in [-0.39, 0.29) is 5.97 Å². The summed E-state index contributed by atoms with van der Waals surface area (Å²) in [6.45, 7) is 5.77. The van der Waals surface area contributed by atoms with Gasteiger partial charge in [-0.15, -0.1) is 11.3 Å². The average Bonchev–Trinajstić information content (AvgIpc) is 2.59. The Balaban J connectivity index is 2.58. The van der Waals surface area contributed by atoms with Crippen molar-refractivity contribution in [3.63, 3.8) is 0 Å². The molecule has 0 unspecified atom stereocenters. The van der Waals surface area contributed by atoms with E-state index in [0.717, 1.165) is 23.1 Å². The molecule has 5 nitrogen and oxygen atoms in total. The standard InChI is InChI=1S/C11H19N3O2S/c1-5-16-10(15)9-8(2)17-11(13-9)12-6-7-14(3)4/h5-7H2,1-4H3,(H,12,13). The van der Waals surface area contributed by atoms with Gasteiger partial charge in [-0.3, -0.25) is 0 Å². The van der Waals surface area contributed by atoms with Crippen LogP contribution >= 0.6 is 11.3 Å². The van der Waals surface area contributed by atoms with Gasteiger partial charge in [0.25, 0.3) is 0 Å². The van der Waals surface area contributed by atoms with Crippen LogP contribution in [0.2, 0.25) is 0 Å². The highest BCUT2D eigenvalue weighted by atomic mass is 32.1. The molecule has 6 heteroatoms. The Hall–Kier alpha value is -1.14. The second-order valence-corrected chi connectivity index (χ2v) is 5.08. The first-order valence-electron chi connectivity index (χ1n) is 5.57. The van der Waals surface area contributed by atoms with Crippen LogP contribution in [0.25, 0.3) is 0 Å². The van der Waals surface area contributed by atoms with E-state index in [9.17, 15) is 4.79 Å². The van der Waals surface area contributed by atoms with Gasteiger partial charge in [-0.1, -0.05) is 0 Å². The van der Waals surface area contributed by atoms with E-state index < -0.39 is 0 Å². The van der Waals surface area contributed by atoms with Gasteiger partial charge in [-0.25, -0.2) is 9.78 Å². The Morgan fingerprint density at radius 3 is 2.82 bits per heavy atom. The summed E-state index contributed by atoms with van der Waals surface area (Å²) < 4.78 is 4.93. The molecule has 0 aromatic carbocycles. The molecule has 1 aromatic heterocycles. The predicted molar refractivity (Wildman–Crippen MR) is 69.9 cm³/mol. The fourth-order valence-corrected chi connectivity index (χ4v) is 2.07. The van der Waals surface area contributed by atoms with Crippen molar-refractivity contribution in [2.24, 2.45) is 0 Å². The van der Waals surface area contributed by atoms with Gasteiger partial charge in [0, 0.05) is 18.0 Å². The first-order valence-corrected chi connectivity index (χ1v) is 6.39. The van der Waals surface area contributed by atoms with E-state index in [1.165, 1.54) is 11.3 Å². The van der Waals surface area contributed by atoms with E-state index in [4.69, 9.17) is 4.74 Å². The van der Waals surface area contributed by atoms with Crippen LogP contribution in [-0.4, -0.2) is 49.6 Å². The Labute approximate surface area is 106 Å². The maximum atomic E-state index is 11.5. The second-order valence-electron chi connectivity index (χ2n) is 3.87. The number of rotatable bonds is 6. The molecule has 0 radical (unpaired) electrons. The van der Waals surface area contributed by atoms with Crippen LogP contribution < -0.4 is 5.32 Å². The molecule has 0 saturated heterocycles. The lowest BCUT2D eigenvalue weighted by atomic mass is 10.4. The molecule has 0 bridgehead atoms. The summed E-state index contributed by atoms with van der Waals surface area (Å²) in [5.74, 6) is -0.345. The zero-order chi connectivity index (χ0) is 12.8. The molecule has 0 spiro atoms. The van der Waals surface area contributed by atoms with Crippen LogP contribution in [-0.2, 0) is 4.74 Å². The van der Waals surface area contributed by atoms with Gasteiger partial charge in [0.1, 0.15) is 0 Å². The fourth-order valence-electron chi connectivity index (χ4n) is 1.25. The number of esters is 1. The number of aromatic nitrogens is 1. The Morgan fingerprint density at radius 2 is 2.24 bits per heavy atom. The number of anilines is 1. The van der Waals surface area contributed by atoms with Crippen molar-refractivity contribution in [1.82, 2.24) is 9.88 Å². The van der Waals surface area contributed by atoms with Crippen LogP contribution in [0.4, 0.5) is 5.13 Å². The smallest absolute Gasteiger partial charge is 0.358 e. The molecule has 0 atom stereocenters. The Kier molecular flexibility index (Phi) is 5.37. The van der Waals surface area contributed by atoms with Crippen molar-refractivity contribution in [2.75, 3.05) is 39.1 Å². The molecular weight excluding hydrogens is 238 g/mol. The molecule has 0 aliphatic heterocycles. The number of ether oxygens (including phenoxy) is 1. The topological polar surface area (TPSA) is 54.5 Å². The number of aryl methyl sites for hydroxylation is 1. The number of nitrogens with zero attached hydrogens (tertiary/aromatic N) is 2. The molecule has 0 aliphatic rings. The van der Waals surface area contributed by atoms with Crippen molar-refractivity contribution in [2.45, 2.75) is 13.8 Å². The number of hydrogen-bond acceptors (Lipinski definition) is 6. The maximum absolute atomic E-state index is 11.5. The van der Waals surface area contributed by atoms with Crippen molar-refractivity contribution in [1.29, 1.82) is 0 Å². The number of carbonyl (C=O) groups is 1. The zero-order valence-electron chi connectivity index (χ0n) is 10.7. The zero-order valence-corrected chi connectivity index (χ0v) is 11.6. The average molecular weight is 257 g/mol. The molecule has 0 amide bonds. The quantitative estimate of drug-likeness (QED) is 0.785. The van der Waals surface area contributed by atoms with Gasteiger partial charge in [-0.2, -0.15) is 0 Å². The molecule has 1 heterocycles. The van der Waals surface area contributed by atoms with Crippen LogP contribution in [0.15, 0.2) is 0 Å². The molecular formula is C11H19N3O2S. The summed E-state index contributed by atoms with van der Waals surface area (Å²) in [5.41, 5.74) is 0.421. The lowest BCUT2D eigenvalue weighted by Crippen LogP contribution is -2.20. The van der Waals surface area contributed by atoms with Crippen LogP contribution in [0.1, 0.15) is 22.3 Å². The van der Waals surface area contributed by atoms with Gasteiger partial charge < -0.3 is 15.0 Å². The normalized spacial score (nSPS) is 10.6. The van der Waals surface area contributed by atoms with Gasteiger partial charge in [0.05, 0.1) is 6.61 Å². The number of nitrogens with one attached hydrogen (secondary N) is 1. The van der Waals surface area contributed by atoms with Crippen molar-refractivity contribution in [3.05, 3.63) is 10.6 Å².